The second-order valence-corrected chi connectivity index (χ2v) is 3.46. The number of halogens is 3. The summed E-state index contributed by atoms with van der Waals surface area (Å²) in [5.74, 6) is 0.132. The molecule has 0 aliphatic carbocycles. The second-order valence-electron chi connectivity index (χ2n) is 3.46. The molecule has 1 aromatic heterocycles. The summed E-state index contributed by atoms with van der Waals surface area (Å²) in [6.07, 6.45) is -3.27. The maximum atomic E-state index is 12.4. The molecule has 1 rings (SSSR count). The molecule has 0 saturated carbocycles. The highest BCUT2D eigenvalue weighted by atomic mass is 19.4. The van der Waals surface area contributed by atoms with Crippen LogP contribution in [0.1, 0.15) is 5.56 Å². The summed E-state index contributed by atoms with van der Waals surface area (Å²) in [5.41, 5.74) is 4.69. The Morgan fingerprint density at radius 1 is 1.53 bits per heavy atom. The van der Waals surface area contributed by atoms with Gasteiger partial charge in [-0.2, -0.15) is 13.2 Å². The van der Waals surface area contributed by atoms with E-state index in [-0.39, 0.29) is 18.4 Å². The van der Waals surface area contributed by atoms with Crippen molar-refractivity contribution in [2.24, 2.45) is 5.73 Å². The van der Waals surface area contributed by atoms with Crippen LogP contribution in [0.15, 0.2) is 18.3 Å². The summed E-state index contributed by atoms with van der Waals surface area (Å²) in [6, 6.07) is 1.59. The standard InChI is InChI=1S/C10H14F3N3O/c1-17-6-8(5-14)16-9-4-7(2-3-15-9)10(11,12)13/h2-4,8H,5-6,14H2,1H3,(H,15,16). The quantitative estimate of drug-likeness (QED) is 0.830. The van der Waals surface area contributed by atoms with Crippen molar-refractivity contribution in [3.63, 3.8) is 0 Å². The molecule has 0 aliphatic rings. The van der Waals surface area contributed by atoms with Gasteiger partial charge in [0.2, 0.25) is 0 Å². The minimum absolute atomic E-state index is 0.132. The zero-order valence-electron chi connectivity index (χ0n) is 9.29. The molecular formula is C10H14F3N3O. The lowest BCUT2D eigenvalue weighted by atomic mass is 10.2. The number of hydrogen-bond donors (Lipinski definition) is 2. The summed E-state index contributed by atoms with van der Waals surface area (Å²) in [6.45, 7) is 0.542. The Morgan fingerprint density at radius 3 is 2.76 bits per heavy atom. The van der Waals surface area contributed by atoms with Gasteiger partial charge >= 0.3 is 6.18 Å². The molecule has 17 heavy (non-hydrogen) atoms. The van der Waals surface area contributed by atoms with Crippen molar-refractivity contribution in [3.8, 4) is 0 Å². The molecule has 0 fully saturated rings. The molecule has 0 radical (unpaired) electrons. The molecule has 0 spiro atoms. The van der Waals surface area contributed by atoms with Crippen LogP contribution in [-0.4, -0.2) is 31.3 Å². The van der Waals surface area contributed by atoms with Crippen LogP contribution in [0.4, 0.5) is 19.0 Å². The largest absolute Gasteiger partial charge is 0.416 e. The molecule has 4 nitrogen and oxygen atoms in total. The highest BCUT2D eigenvalue weighted by Crippen LogP contribution is 2.29. The lowest BCUT2D eigenvalue weighted by Gasteiger charge is -2.17. The number of nitrogens with one attached hydrogen (secondary N) is 1. The van der Waals surface area contributed by atoms with Crippen molar-refractivity contribution in [2.75, 3.05) is 25.6 Å². The van der Waals surface area contributed by atoms with Crippen LogP contribution in [0.25, 0.3) is 0 Å². The summed E-state index contributed by atoms with van der Waals surface area (Å²) in [7, 11) is 1.49. The van der Waals surface area contributed by atoms with Crippen LogP contribution >= 0.6 is 0 Å². The number of alkyl halides is 3. The molecule has 1 aromatic rings. The Hall–Kier alpha value is -1.34. The topological polar surface area (TPSA) is 60.2 Å². The van der Waals surface area contributed by atoms with E-state index < -0.39 is 11.7 Å². The lowest BCUT2D eigenvalue weighted by molar-refractivity contribution is -0.137. The van der Waals surface area contributed by atoms with Gasteiger partial charge < -0.3 is 15.8 Å². The number of aromatic nitrogens is 1. The summed E-state index contributed by atoms with van der Waals surface area (Å²) >= 11 is 0. The first-order valence-corrected chi connectivity index (χ1v) is 4.96. The monoisotopic (exact) mass is 249 g/mol. The fourth-order valence-electron chi connectivity index (χ4n) is 1.26. The summed E-state index contributed by atoms with van der Waals surface area (Å²) in [4.78, 5) is 3.80. The van der Waals surface area contributed by atoms with E-state index in [1.807, 2.05) is 0 Å². The molecule has 0 amide bonds. The molecule has 96 valence electrons. The van der Waals surface area contributed by atoms with Crippen molar-refractivity contribution >= 4 is 5.82 Å². The van der Waals surface area contributed by atoms with Crippen molar-refractivity contribution in [1.82, 2.24) is 4.98 Å². The number of anilines is 1. The molecule has 1 unspecified atom stereocenters. The van der Waals surface area contributed by atoms with E-state index in [1.165, 1.54) is 7.11 Å². The predicted octanol–water partition coefficient (Wildman–Crippen LogP) is 1.49. The van der Waals surface area contributed by atoms with Gasteiger partial charge in [-0.05, 0) is 12.1 Å². The van der Waals surface area contributed by atoms with Crippen LogP contribution in [-0.2, 0) is 10.9 Å². The highest BCUT2D eigenvalue weighted by Gasteiger charge is 2.30. The molecule has 3 N–H and O–H groups in total. The molecule has 7 heteroatoms. The molecule has 0 aliphatic heterocycles. The molecular weight excluding hydrogens is 235 g/mol. The molecule has 1 heterocycles. The maximum absolute atomic E-state index is 12.4. The molecule has 0 aromatic carbocycles. The Bertz CT molecular complexity index is 357. The third kappa shape index (κ3) is 4.20. The van der Waals surface area contributed by atoms with Gasteiger partial charge in [-0.1, -0.05) is 0 Å². The number of ether oxygens (including phenoxy) is 1. The predicted molar refractivity (Wildman–Crippen MR) is 57.6 cm³/mol. The Labute approximate surface area is 97.0 Å². The smallest absolute Gasteiger partial charge is 0.383 e. The molecule has 1 atom stereocenters. The number of nitrogens with zero attached hydrogens (tertiary/aromatic N) is 1. The first-order chi connectivity index (χ1) is 7.97. The van der Waals surface area contributed by atoms with Crippen LogP contribution in [0.3, 0.4) is 0 Å². The fraction of sp³-hybridized carbons (Fsp3) is 0.500. The van der Waals surface area contributed by atoms with Gasteiger partial charge in [0.15, 0.2) is 0 Å². The van der Waals surface area contributed by atoms with E-state index >= 15 is 0 Å². The van der Waals surface area contributed by atoms with Crippen LogP contribution in [0, 0.1) is 0 Å². The van der Waals surface area contributed by atoms with Gasteiger partial charge in [-0.25, -0.2) is 4.98 Å². The maximum Gasteiger partial charge on any atom is 0.416 e. The third-order valence-electron chi connectivity index (χ3n) is 2.09. The van der Waals surface area contributed by atoms with Crippen molar-refractivity contribution in [1.29, 1.82) is 0 Å². The van der Waals surface area contributed by atoms with E-state index in [0.717, 1.165) is 18.3 Å². The average molecular weight is 249 g/mol. The van der Waals surface area contributed by atoms with Crippen molar-refractivity contribution in [2.45, 2.75) is 12.2 Å². The first kappa shape index (κ1) is 13.7. The zero-order valence-corrected chi connectivity index (χ0v) is 9.29. The Balaban J connectivity index is 2.78. The summed E-state index contributed by atoms with van der Waals surface area (Å²) in [5, 5.41) is 2.78. The van der Waals surface area contributed by atoms with Crippen LogP contribution < -0.4 is 11.1 Å². The van der Waals surface area contributed by atoms with Gasteiger partial charge in [-0.15, -0.1) is 0 Å². The number of hydrogen-bond acceptors (Lipinski definition) is 4. The van der Waals surface area contributed by atoms with Crippen molar-refractivity contribution < 1.29 is 17.9 Å². The second kappa shape index (κ2) is 5.83. The number of nitrogens with two attached hydrogens (primary N) is 1. The average Bonchev–Trinajstić information content (AvgIpc) is 2.28. The molecule has 0 bridgehead atoms. The zero-order chi connectivity index (χ0) is 12.9. The van der Waals surface area contributed by atoms with Crippen molar-refractivity contribution in [3.05, 3.63) is 23.9 Å². The van der Waals surface area contributed by atoms with Crippen LogP contribution in [0.2, 0.25) is 0 Å². The SMILES string of the molecule is COCC(CN)Nc1cc(C(F)(F)F)ccn1. The van der Waals surface area contributed by atoms with Gasteiger partial charge in [0.05, 0.1) is 18.2 Å². The van der Waals surface area contributed by atoms with Gasteiger partial charge in [0, 0.05) is 19.9 Å². The minimum Gasteiger partial charge on any atom is -0.383 e. The Kier molecular flexibility index (Phi) is 4.71. The van der Waals surface area contributed by atoms with E-state index in [2.05, 4.69) is 10.3 Å². The number of pyridine rings is 1. The minimum atomic E-state index is -4.38. The number of rotatable bonds is 5. The van der Waals surface area contributed by atoms with Crippen LogP contribution in [0.5, 0.6) is 0 Å². The lowest BCUT2D eigenvalue weighted by Crippen LogP contribution is -2.33. The Morgan fingerprint density at radius 2 is 2.24 bits per heavy atom. The van der Waals surface area contributed by atoms with E-state index in [4.69, 9.17) is 10.5 Å². The first-order valence-electron chi connectivity index (χ1n) is 4.96. The number of methoxy groups -OCH3 is 1. The van der Waals surface area contributed by atoms with E-state index in [0.29, 0.717) is 6.61 Å². The summed E-state index contributed by atoms with van der Waals surface area (Å²) < 4.78 is 42.2. The fourth-order valence-corrected chi connectivity index (χ4v) is 1.26. The highest BCUT2D eigenvalue weighted by molar-refractivity contribution is 5.39. The van der Waals surface area contributed by atoms with Gasteiger partial charge in [-0.3, -0.25) is 0 Å². The van der Waals surface area contributed by atoms with Gasteiger partial charge in [0.25, 0.3) is 0 Å². The normalized spacial score (nSPS) is 13.5. The molecule has 0 saturated heterocycles. The third-order valence-corrected chi connectivity index (χ3v) is 2.09. The van der Waals surface area contributed by atoms with Gasteiger partial charge in [0.1, 0.15) is 5.82 Å². The van der Waals surface area contributed by atoms with E-state index in [9.17, 15) is 13.2 Å². The van der Waals surface area contributed by atoms with E-state index in [1.54, 1.807) is 0 Å².